The van der Waals surface area contributed by atoms with E-state index in [-0.39, 0.29) is 0 Å². The van der Waals surface area contributed by atoms with Crippen molar-refractivity contribution in [1.29, 1.82) is 0 Å². The fraction of sp³-hybridized carbons (Fsp3) is 0.533. The third kappa shape index (κ3) is 2.90. The van der Waals surface area contributed by atoms with Gasteiger partial charge in [-0.3, -0.25) is 0 Å². The van der Waals surface area contributed by atoms with E-state index in [1.54, 1.807) is 11.3 Å². The molecule has 0 radical (unpaired) electrons. The lowest BCUT2D eigenvalue weighted by Crippen LogP contribution is -2.28. The number of fused-ring (bicyclic) bond motifs is 1. The molecule has 3 rings (SSSR count). The van der Waals surface area contributed by atoms with E-state index in [9.17, 15) is 5.11 Å². The second-order valence-corrected chi connectivity index (χ2v) is 6.39. The van der Waals surface area contributed by atoms with Crippen molar-refractivity contribution in [3.05, 3.63) is 24.3 Å². The van der Waals surface area contributed by atoms with Crippen LogP contribution in [-0.4, -0.2) is 23.2 Å². The molecule has 1 saturated carbocycles. The van der Waals surface area contributed by atoms with E-state index in [0.29, 0.717) is 18.4 Å². The van der Waals surface area contributed by atoms with Crippen LogP contribution >= 0.6 is 11.3 Å². The van der Waals surface area contributed by atoms with Crippen LogP contribution in [0, 0.1) is 11.8 Å². The molecule has 1 aliphatic carbocycles. The van der Waals surface area contributed by atoms with Gasteiger partial charge in [0.25, 0.3) is 0 Å². The van der Waals surface area contributed by atoms with Crippen LogP contribution in [0.2, 0.25) is 0 Å². The minimum absolute atomic E-state index is 0.326. The van der Waals surface area contributed by atoms with Gasteiger partial charge < -0.3 is 10.4 Å². The standard InChI is InChI=1S/C15H20N2OS/c18-10-12-6-2-1-5-11(12)9-16-15-17-13-7-3-4-8-14(13)19-15/h3-4,7-8,11-12,18H,1-2,5-6,9-10H2,(H,16,17). The largest absolute Gasteiger partial charge is 0.396 e. The Morgan fingerprint density at radius 1 is 1.21 bits per heavy atom. The Kier molecular flexibility index (Phi) is 3.99. The van der Waals surface area contributed by atoms with Crippen LogP contribution in [0.15, 0.2) is 24.3 Å². The first-order chi connectivity index (χ1) is 9.36. The van der Waals surface area contributed by atoms with Gasteiger partial charge in [-0.1, -0.05) is 36.3 Å². The van der Waals surface area contributed by atoms with Crippen molar-refractivity contribution in [1.82, 2.24) is 4.98 Å². The van der Waals surface area contributed by atoms with Crippen molar-refractivity contribution in [3.63, 3.8) is 0 Å². The maximum atomic E-state index is 9.43. The normalized spacial score (nSPS) is 23.6. The average Bonchev–Trinajstić information content (AvgIpc) is 2.88. The highest BCUT2D eigenvalue weighted by molar-refractivity contribution is 7.22. The summed E-state index contributed by atoms with van der Waals surface area (Å²) in [6.45, 7) is 1.26. The van der Waals surface area contributed by atoms with Gasteiger partial charge in [-0.05, 0) is 36.8 Å². The first-order valence-electron chi connectivity index (χ1n) is 7.07. The number of para-hydroxylation sites is 1. The predicted molar refractivity (Wildman–Crippen MR) is 80.6 cm³/mol. The molecule has 19 heavy (non-hydrogen) atoms. The summed E-state index contributed by atoms with van der Waals surface area (Å²) in [5, 5.41) is 13.9. The maximum Gasteiger partial charge on any atom is 0.183 e. The second-order valence-electron chi connectivity index (χ2n) is 5.35. The Morgan fingerprint density at radius 2 is 2.00 bits per heavy atom. The smallest absolute Gasteiger partial charge is 0.183 e. The topological polar surface area (TPSA) is 45.1 Å². The number of aromatic nitrogens is 1. The molecule has 4 heteroatoms. The number of hydrogen-bond donors (Lipinski definition) is 2. The lowest BCUT2D eigenvalue weighted by atomic mass is 9.80. The van der Waals surface area contributed by atoms with Crippen molar-refractivity contribution in [2.24, 2.45) is 11.8 Å². The molecule has 0 spiro atoms. The minimum atomic E-state index is 0.326. The molecule has 1 aromatic carbocycles. The van der Waals surface area contributed by atoms with Crippen molar-refractivity contribution >= 4 is 26.7 Å². The summed E-state index contributed by atoms with van der Waals surface area (Å²) in [6, 6.07) is 8.23. The molecule has 2 atom stereocenters. The summed E-state index contributed by atoms with van der Waals surface area (Å²) in [7, 11) is 0. The Morgan fingerprint density at radius 3 is 2.79 bits per heavy atom. The van der Waals surface area contributed by atoms with Crippen molar-refractivity contribution in [2.45, 2.75) is 25.7 Å². The van der Waals surface area contributed by atoms with E-state index >= 15 is 0 Å². The van der Waals surface area contributed by atoms with Crippen molar-refractivity contribution in [3.8, 4) is 0 Å². The fourth-order valence-corrected chi connectivity index (χ4v) is 3.83. The van der Waals surface area contributed by atoms with Crippen molar-refractivity contribution in [2.75, 3.05) is 18.5 Å². The summed E-state index contributed by atoms with van der Waals surface area (Å²) in [5.41, 5.74) is 1.07. The number of anilines is 1. The van der Waals surface area contributed by atoms with E-state index in [1.807, 2.05) is 18.2 Å². The Bertz CT molecular complexity index is 507. The molecular formula is C15H20N2OS. The van der Waals surface area contributed by atoms with E-state index < -0.39 is 0 Å². The number of rotatable bonds is 4. The number of benzene rings is 1. The maximum absolute atomic E-state index is 9.43. The number of nitrogens with one attached hydrogen (secondary N) is 1. The second kappa shape index (κ2) is 5.88. The van der Waals surface area contributed by atoms with Crippen LogP contribution in [0.5, 0.6) is 0 Å². The van der Waals surface area contributed by atoms with Gasteiger partial charge in [-0.15, -0.1) is 0 Å². The third-order valence-corrected chi connectivity index (χ3v) is 5.10. The van der Waals surface area contributed by atoms with E-state index in [1.165, 1.54) is 30.4 Å². The molecule has 0 saturated heterocycles. The van der Waals surface area contributed by atoms with E-state index in [0.717, 1.165) is 17.2 Å². The zero-order valence-corrected chi connectivity index (χ0v) is 11.8. The highest BCUT2D eigenvalue weighted by Gasteiger charge is 2.24. The predicted octanol–water partition coefficient (Wildman–Crippen LogP) is 3.51. The van der Waals surface area contributed by atoms with Gasteiger partial charge in [0.2, 0.25) is 0 Å². The van der Waals surface area contributed by atoms with Gasteiger partial charge >= 0.3 is 0 Å². The van der Waals surface area contributed by atoms with Crippen LogP contribution in [0.4, 0.5) is 5.13 Å². The molecule has 102 valence electrons. The summed E-state index contributed by atoms with van der Waals surface area (Å²) in [4.78, 5) is 4.59. The molecule has 2 N–H and O–H groups in total. The number of hydrogen-bond acceptors (Lipinski definition) is 4. The van der Waals surface area contributed by atoms with Gasteiger partial charge in [0.05, 0.1) is 10.2 Å². The van der Waals surface area contributed by atoms with Gasteiger partial charge in [-0.25, -0.2) is 4.98 Å². The van der Waals surface area contributed by atoms with Crippen LogP contribution in [0.1, 0.15) is 25.7 Å². The first kappa shape index (κ1) is 12.9. The summed E-state index contributed by atoms with van der Waals surface area (Å²) < 4.78 is 1.23. The lowest BCUT2D eigenvalue weighted by molar-refractivity contribution is 0.141. The van der Waals surface area contributed by atoms with Gasteiger partial charge in [0, 0.05) is 13.2 Å². The number of aliphatic hydroxyl groups excluding tert-OH is 1. The van der Waals surface area contributed by atoms with E-state index in [4.69, 9.17) is 0 Å². The zero-order chi connectivity index (χ0) is 13.1. The van der Waals surface area contributed by atoms with Crippen LogP contribution in [0.25, 0.3) is 10.2 Å². The monoisotopic (exact) mass is 276 g/mol. The highest BCUT2D eigenvalue weighted by atomic mass is 32.1. The average molecular weight is 276 g/mol. The summed E-state index contributed by atoms with van der Waals surface area (Å²) in [5.74, 6) is 1.06. The molecule has 1 aliphatic rings. The van der Waals surface area contributed by atoms with Gasteiger partial charge in [0.15, 0.2) is 5.13 Å². The van der Waals surface area contributed by atoms with Crippen LogP contribution in [-0.2, 0) is 0 Å². The Balaban J connectivity index is 1.64. The molecule has 2 unspecified atom stereocenters. The quantitative estimate of drug-likeness (QED) is 0.898. The molecule has 1 aromatic heterocycles. The molecule has 3 nitrogen and oxygen atoms in total. The molecule has 1 heterocycles. The third-order valence-electron chi connectivity index (χ3n) is 4.11. The molecule has 0 aliphatic heterocycles. The SMILES string of the molecule is OCC1CCCCC1CNc1nc2ccccc2s1. The molecule has 0 bridgehead atoms. The summed E-state index contributed by atoms with van der Waals surface area (Å²) >= 11 is 1.71. The fourth-order valence-electron chi connectivity index (χ4n) is 2.96. The number of aliphatic hydroxyl groups is 1. The lowest BCUT2D eigenvalue weighted by Gasteiger charge is -2.30. The molecular weight excluding hydrogens is 256 g/mol. The first-order valence-corrected chi connectivity index (χ1v) is 7.89. The zero-order valence-electron chi connectivity index (χ0n) is 11.0. The highest BCUT2D eigenvalue weighted by Crippen LogP contribution is 2.31. The molecule has 2 aromatic rings. The van der Waals surface area contributed by atoms with E-state index in [2.05, 4.69) is 16.4 Å². The van der Waals surface area contributed by atoms with Gasteiger partial charge in [-0.2, -0.15) is 0 Å². The summed E-state index contributed by atoms with van der Waals surface area (Å²) in [6.07, 6.45) is 4.96. The minimum Gasteiger partial charge on any atom is -0.396 e. The van der Waals surface area contributed by atoms with Crippen LogP contribution < -0.4 is 5.32 Å². The molecule has 0 amide bonds. The molecule has 1 fully saturated rings. The Hall–Kier alpha value is -1.13. The number of nitrogens with zero attached hydrogens (tertiary/aromatic N) is 1. The number of thiazole rings is 1. The Labute approximate surface area is 117 Å². The van der Waals surface area contributed by atoms with Crippen LogP contribution in [0.3, 0.4) is 0 Å². The van der Waals surface area contributed by atoms with Crippen molar-refractivity contribution < 1.29 is 5.11 Å². The van der Waals surface area contributed by atoms with Gasteiger partial charge in [0.1, 0.15) is 0 Å².